The van der Waals surface area contributed by atoms with E-state index in [1.807, 2.05) is 37.3 Å². The highest BCUT2D eigenvalue weighted by atomic mass is 32.1. The Bertz CT molecular complexity index is 284. The van der Waals surface area contributed by atoms with Crippen LogP contribution >= 0.6 is 12.6 Å². The summed E-state index contributed by atoms with van der Waals surface area (Å²) in [6.07, 6.45) is 0. The maximum absolute atomic E-state index is 10.6. The summed E-state index contributed by atoms with van der Waals surface area (Å²) in [6, 6.07) is 9.53. The lowest BCUT2D eigenvalue weighted by molar-refractivity contribution is -0.136. The van der Waals surface area contributed by atoms with Crippen molar-refractivity contribution >= 4 is 18.6 Å². The van der Waals surface area contributed by atoms with Crippen LogP contribution < -0.4 is 0 Å². The van der Waals surface area contributed by atoms with Crippen molar-refractivity contribution < 1.29 is 9.90 Å². The molecule has 70 valence electrons. The fourth-order valence-corrected chi connectivity index (χ4v) is 1.32. The number of rotatable bonds is 3. The fraction of sp³-hybridized carbons (Fsp3) is 0.300. The third-order valence-electron chi connectivity index (χ3n) is 2.05. The van der Waals surface area contributed by atoms with Crippen LogP contribution in [-0.2, 0) is 4.79 Å². The average molecular weight is 196 g/mol. The van der Waals surface area contributed by atoms with Crippen molar-refractivity contribution in [3.8, 4) is 0 Å². The number of carboxylic acids is 1. The van der Waals surface area contributed by atoms with E-state index in [2.05, 4.69) is 12.6 Å². The normalized spacial score (nSPS) is 14.9. The molecule has 0 saturated carbocycles. The number of hydrogen-bond donors (Lipinski definition) is 2. The van der Waals surface area contributed by atoms with E-state index in [9.17, 15) is 4.79 Å². The molecule has 0 bridgehead atoms. The minimum absolute atomic E-state index is 0.0676. The molecular formula is C10H12O2S. The van der Waals surface area contributed by atoms with Gasteiger partial charge < -0.3 is 5.11 Å². The summed E-state index contributed by atoms with van der Waals surface area (Å²) in [4.78, 5) is 10.6. The van der Waals surface area contributed by atoms with Crippen LogP contribution in [0.4, 0.5) is 0 Å². The van der Waals surface area contributed by atoms with Crippen LogP contribution in [0.2, 0.25) is 0 Å². The highest BCUT2D eigenvalue weighted by Crippen LogP contribution is 2.22. The van der Waals surface area contributed by atoms with Gasteiger partial charge in [-0.3, -0.25) is 4.79 Å². The molecule has 0 aliphatic heterocycles. The van der Waals surface area contributed by atoms with Crippen LogP contribution in [-0.4, -0.2) is 16.3 Å². The zero-order chi connectivity index (χ0) is 9.84. The lowest BCUT2D eigenvalue weighted by Gasteiger charge is -2.14. The predicted octanol–water partition coefficient (Wildman–Crippen LogP) is 2.17. The van der Waals surface area contributed by atoms with Crippen LogP contribution in [0.5, 0.6) is 0 Å². The van der Waals surface area contributed by atoms with Crippen LogP contribution in [0.3, 0.4) is 0 Å². The fourth-order valence-electron chi connectivity index (χ4n) is 1.15. The highest BCUT2D eigenvalue weighted by molar-refractivity contribution is 7.81. The van der Waals surface area contributed by atoms with Gasteiger partial charge in [-0.1, -0.05) is 37.3 Å². The van der Waals surface area contributed by atoms with E-state index < -0.39 is 11.2 Å². The van der Waals surface area contributed by atoms with Crippen LogP contribution in [0.1, 0.15) is 18.4 Å². The number of hydrogen-bond acceptors (Lipinski definition) is 2. The van der Waals surface area contributed by atoms with E-state index in [0.29, 0.717) is 0 Å². The summed E-state index contributed by atoms with van der Waals surface area (Å²) in [6.45, 7) is 1.86. The minimum Gasteiger partial charge on any atom is -0.480 e. The second-order valence-electron chi connectivity index (χ2n) is 2.98. The Morgan fingerprint density at radius 3 is 2.38 bits per heavy atom. The van der Waals surface area contributed by atoms with Crippen molar-refractivity contribution in [1.29, 1.82) is 0 Å². The standard InChI is InChI=1S/C10H12O2S/c1-7(9(13)10(11)12)8-5-3-2-4-6-8/h2-7,9,13H,1H3,(H,11,12). The second-order valence-corrected chi connectivity index (χ2v) is 3.54. The molecule has 13 heavy (non-hydrogen) atoms. The molecule has 3 heteroatoms. The summed E-state index contributed by atoms with van der Waals surface area (Å²) in [7, 11) is 0. The quantitative estimate of drug-likeness (QED) is 0.727. The van der Waals surface area contributed by atoms with Crippen molar-refractivity contribution in [2.45, 2.75) is 18.1 Å². The SMILES string of the molecule is CC(c1ccccc1)C(S)C(=O)O. The van der Waals surface area contributed by atoms with E-state index in [1.165, 1.54) is 0 Å². The van der Waals surface area contributed by atoms with Crippen LogP contribution in [0, 0.1) is 0 Å². The number of carboxylic acid groups (broad SMARTS) is 1. The van der Waals surface area contributed by atoms with Gasteiger partial charge in [0.2, 0.25) is 0 Å². The van der Waals surface area contributed by atoms with Crippen LogP contribution in [0.25, 0.3) is 0 Å². The largest absolute Gasteiger partial charge is 0.480 e. The monoisotopic (exact) mass is 196 g/mol. The molecule has 2 atom stereocenters. The highest BCUT2D eigenvalue weighted by Gasteiger charge is 2.21. The molecule has 0 radical (unpaired) electrons. The number of carbonyl (C=O) groups is 1. The maximum atomic E-state index is 10.6. The molecule has 0 aliphatic rings. The zero-order valence-corrected chi connectivity index (χ0v) is 8.24. The molecule has 1 N–H and O–H groups in total. The third-order valence-corrected chi connectivity index (χ3v) is 2.72. The number of aliphatic carboxylic acids is 1. The molecule has 0 aliphatic carbocycles. The van der Waals surface area contributed by atoms with Crippen molar-refractivity contribution in [2.24, 2.45) is 0 Å². The van der Waals surface area contributed by atoms with Gasteiger partial charge in [-0.25, -0.2) is 0 Å². The minimum atomic E-state index is -0.875. The number of thiol groups is 1. The lowest BCUT2D eigenvalue weighted by atomic mass is 9.98. The van der Waals surface area contributed by atoms with Crippen molar-refractivity contribution in [3.05, 3.63) is 35.9 Å². The Morgan fingerprint density at radius 2 is 1.92 bits per heavy atom. The van der Waals surface area contributed by atoms with Gasteiger partial charge in [-0.05, 0) is 5.56 Å². The first-order valence-corrected chi connectivity index (χ1v) is 4.60. The molecule has 0 heterocycles. The maximum Gasteiger partial charge on any atom is 0.316 e. The Hall–Kier alpha value is -0.960. The summed E-state index contributed by atoms with van der Waals surface area (Å²) < 4.78 is 0. The smallest absolute Gasteiger partial charge is 0.316 e. The molecule has 2 unspecified atom stereocenters. The van der Waals surface area contributed by atoms with Gasteiger partial charge in [-0.2, -0.15) is 12.6 Å². The van der Waals surface area contributed by atoms with E-state index in [1.54, 1.807) is 0 Å². The summed E-state index contributed by atoms with van der Waals surface area (Å²) in [5, 5.41) is 8.10. The predicted molar refractivity (Wildman–Crippen MR) is 55.3 cm³/mol. The van der Waals surface area contributed by atoms with Gasteiger partial charge in [0.15, 0.2) is 0 Å². The Labute approximate surface area is 83.0 Å². The average Bonchev–Trinajstić information content (AvgIpc) is 2.17. The van der Waals surface area contributed by atoms with E-state index in [4.69, 9.17) is 5.11 Å². The van der Waals surface area contributed by atoms with Crippen molar-refractivity contribution in [3.63, 3.8) is 0 Å². The van der Waals surface area contributed by atoms with E-state index in [-0.39, 0.29) is 5.92 Å². The first-order chi connectivity index (χ1) is 6.13. The second kappa shape index (κ2) is 4.33. The van der Waals surface area contributed by atoms with Crippen molar-refractivity contribution in [1.82, 2.24) is 0 Å². The molecule has 2 nitrogen and oxygen atoms in total. The van der Waals surface area contributed by atoms with E-state index in [0.717, 1.165) is 5.56 Å². The Morgan fingerprint density at radius 1 is 1.38 bits per heavy atom. The Kier molecular flexibility index (Phi) is 3.37. The molecule has 0 saturated heterocycles. The topological polar surface area (TPSA) is 37.3 Å². The molecule has 1 aromatic rings. The lowest BCUT2D eigenvalue weighted by Crippen LogP contribution is -2.20. The summed E-state index contributed by atoms with van der Waals surface area (Å²) >= 11 is 4.03. The van der Waals surface area contributed by atoms with Crippen LogP contribution in [0.15, 0.2) is 30.3 Å². The molecule has 0 amide bonds. The molecule has 0 aromatic heterocycles. The molecular weight excluding hydrogens is 184 g/mol. The first kappa shape index (κ1) is 10.1. The molecule has 0 spiro atoms. The number of benzene rings is 1. The van der Waals surface area contributed by atoms with Gasteiger partial charge >= 0.3 is 5.97 Å². The zero-order valence-electron chi connectivity index (χ0n) is 7.34. The van der Waals surface area contributed by atoms with Gasteiger partial charge in [-0.15, -0.1) is 0 Å². The Balaban J connectivity index is 2.79. The van der Waals surface area contributed by atoms with Gasteiger partial charge in [0.1, 0.15) is 5.25 Å². The van der Waals surface area contributed by atoms with Gasteiger partial charge in [0.05, 0.1) is 0 Å². The summed E-state index contributed by atoms with van der Waals surface area (Å²) in [5.74, 6) is -0.943. The van der Waals surface area contributed by atoms with Crippen molar-refractivity contribution in [2.75, 3.05) is 0 Å². The summed E-state index contributed by atoms with van der Waals surface area (Å²) in [5.41, 5.74) is 1.00. The molecule has 1 aromatic carbocycles. The third kappa shape index (κ3) is 2.49. The molecule has 1 rings (SSSR count). The molecule has 0 fully saturated rings. The first-order valence-electron chi connectivity index (χ1n) is 4.08. The van der Waals surface area contributed by atoms with Gasteiger partial charge in [0.25, 0.3) is 0 Å². The van der Waals surface area contributed by atoms with Gasteiger partial charge in [0, 0.05) is 5.92 Å². The van der Waals surface area contributed by atoms with E-state index >= 15 is 0 Å².